The van der Waals surface area contributed by atoms with Gasteiger partial charge in [0.05, 0.1) is 7.11 Å². The van der Waals surface area contributed by atoms with Crippen LogP contribution < -0.4 is 4.74 Å². The Bertz CT molecular complexity index is 1320. The van der Waals surface area contributed by atoms with Gasteiger partial charge in [-0.25, -0.2) is 0 Å². The standard InChI is InChI=1S/C34H42N2O/c1-24-14-18-34(17-4-5-26(24)15-19-34)23-35-20-16-28-22-36(21-25-8-12-29(37-2)13-9-25)31-7-3-6-30(32(28)31)33(35)27-10-11-27/h3,6-9,12-13,22,24,26H,4-5,10-11,14-21,23H2,1-2H3. The molecule has 0 radical (unpaired) electrons. The monoisotopic (exact) mass is 494 g/mol. The molecule has 4 aliphatic rings. The van der Waals surface area contributed by atoms with Crippen molar-refractivity contribution < 1.29 is 4.74 Å². The van der Waals surface area contributed by atoms with Crippen molar-refractivity contribution in [2.24, 2.45) is 17.3 Å². The first-order chi connectivity index (χ1) is 18.1. The fourth-order valence-electron chi connectivity index (χ4n) is 8.02. The first-order valence-electron chi connectivity index (χ1n) is 14.8. The molecule has 3 nitrogen and oxygen atoms in total. The number of benzene rings is 2. The molecule has 3 atom stereocenters. The number of rotatable bonds is 5. The van der Waals surface area contributed by atoms with Crippen molar-refractivity contribution in [1.82, 2.24) is 9.47 Å². The number of fused-ring (bicyclic) bond motifs is 3. The van der Waals surface area contributed by atoms with Gasteiger partial charge in [-0.05, 0) is 104 Å². The molecule has 7 rings (SSSR count). The van der Waals surface area contributed by atoms with E-state index < -0.39 is 0 Å². The summed E-state index contributed by atoms with van der Waals surface area (Å²) in [5, 5.41) is 1.51. The van der Waals surface area contributed by atoms with Crippen molar-refractivity contribution in [2.75, 3.05) is 20.2 Å². The van der Waals surface area contributed by atoms with E-state index in [4.69, 9.17) is 4.74 Å². The maximum atomic E-state index is 5.37. The molecular formula is C34H42N2O. The van der Waals surface area contributed by atoms with Gasteiger partial charge in [0.15, 0.2) is 0 Å². The van der Waals surface area contributed by atoms with Crippen molar-refractivity contribution in [3.63, 3.8) is 0 Å². The second-order valence-electron chi connectivity index (χ2n) is 12.7. The van der Waals surface area contributed by atoms with Crippen LogP contribution in [0.5, 0.6) is 5.75 Å². The highest BCUT2D eigenvalue weighted by Gasteiger charge is 2.41. The molecule has 2 aromatic carbocycles. The molecule has 0 spiro atoms. The lowest BCUT2D eigenvalue weighted by Gasteiger charge is -2.40. The quantitative estimate of drug-likeness (QED) is 0.357. The van der Waals surface area contributed by atoms with E-state index in [2.05, 4.69) is 65.1 Å². The molecule has 3 heteroatoms. The highest BCUT2D eigenvalue weighted by Crippen LogP contribution is 2.51. The third-order valence-corrected chi connectivity index (χ3v) is 10.3. The Morgan fingerprint density at radius 3 is 2.59 bits per heavy atom. The zero-order valence-electron chi connectivity index (χ0n) is 22.8. The fourth-order valence-corrected chi connectivity index (χ4v) is 8.02. The van der Waals surface area contributed by atoms with Crippen molar-refractivity contribution in [1.29, 1.82) is 0 Å². The van der Waals surface area contributed by atoms with E-state index in [1.807, 2.05) is 0 Å². The molecule has 3 saturated carbocycles. The summed E-state index contributed by atoms with van der Waals surface area (Å²) >= 11 is 0. The van der Waals surface area contributed by atoms with Gasteiger partial charge in [0.25, 0.3) is 0 Å². The lowest BCUT2D eigenvalue weighted by atomic mass is 9.75. The molecule has 194 valence electrons. The van der Waals surface area contributed by atoms with E-state index in [0.29, 0.717) is 5.41 Å². The van der Waals surface area contributed by atoms with Gasteiger partial charge in [0.2, 0.25) is 0 Å². The van der Waals surface area contributed by atoms with Crippen molar-refractivity contribution in [2.45, 2.75) is 77.7 Å². The van der Waals surface area contributed by atoms with Crippen molar-refractivity contribution in [3.05, 3.63) is 70.9 Å². The molecule has 37 heavy (non-hydrogen) atoms. The summed E-state index contributed by atoms with van der Waals surface area (Å²) < 4.78 is 7.86. The molecule has 3 fully saturated rings. The van der Waals surface area contributed by atoms with Gasteiger partial charge in [-0.15, -0.1) is 0 Å². The van der Waals surface area contributed by atoms with Crippen LogP contribution in [0.15, 0.2) is 54.2 Å². The SMILES string of the molecule is COc1ccc(Cn2cc3c4c(cccc42)C(=C2CC2)N(CC24CCCC(CC2)C(C)CC4)CC3)cc1. The molecule has 2 bridgehead atoms. The van der Waals surface area contributed by atoms with Gasteiger partial charge in [-0.1, -0.05) is 44.0 Å². The predicted molar refractivity (Wildman–Crippen MR) is 153 cm³/mol. The molecule has 3 aliphatic carbocycles. The van der Waals surface area contributed by atoms with Gasteiger partial charge >= 0.3 is 0 Å². The number of methoxy groups -OCH3 is 1. The van der Waals surface area contributed by atoms with Gasteiger partial charge in [-0.2, -0.15) is 0 Å². The lowest BCUT2D eigenvalue weighted by molar-refractivity contribution is 0.153. The number of hydrogen-bond acceptors (Lipinski definition) is 2. The van der Waals surface area contributed by atoms with Crippen LogP contribution in [0.25, 0.3) is 16.6 Å². The Balaban J connectivity index is 1.24. The molecule has 0 N–H and O–H groups in total. The number of aromatic nitrogens is 1. The largest absolute Gasteiger partial charge is 0.497 e. The Hall–Kier alpha value is -2.68. The van der Waals surface area contributed by atoms with Crippen LogP contribution >= 0.6 is 0 Å². The molecule has 1 aliphatic heterocycles. The normalized spacial score (nSPS) is 27.2. The van der Waals surface area contributed by atoms with Crippen molar-refractivity contribution >= 4 is 16.6 Å². The summed E-state index contributed by atoms with van der Waals surface area (Å²) in [7, 11) is 1.73. The summed E-state index contributed by atoms with van der Waals surface area (Å²) in [4.78, 5) is 2.88. The van der Waals surface area contributed by atoms with Gasteiger partial charge in [0, 0.05) is 48.0 Å². The molecule has 2 heterocycles. The van der Waals surface area contributed by atoms with E-state index >= 15 is 0 Å². The highest BCUT2D eigenvalue weighted by atomic mass is 16.5. The topological polar surface area (TPSA) is 17.4 Å². The third kappa shape index (κ3) is 4.29. The van der Waals surface area contributed by atoms with Crippen LogP contribution in [0.2, 0.25) is 0 Å². The minimum Gasteiger partial charge on any atom is -0.497 e. The zero-order chi connectivity index (χ0) is 25.0. The second kappa shape index (κ2) is 9.26. The summed E-state index contributed by atoms with van der Waals surface area (Å²) in [6, 6.07) is 15.6. The maximum Gasteiger partial charge on any atom is 0.118 e. The second-order valence-corrected chi connectivity index (χ2v) is 12.7. The van der Waals surface area contributed by atoms with Gasteiger partial charge < -0.3 is 14.2 Å². The van der Waals surface area contributed by atoms with E-state index in [-0.39, 0.29) is 0 Å². The minimum absolute atomic E-state index is 0.525. The first kappa shape index (κ1) is 23.4. The molecule has 3 unspecified atom stereocenters. The van der Waals surface area contributed by atoms with Crippen molar-refractivity contribution in [3.8, 4) is 5.75 Å². The Labute approximate surface area is 222 Å². The first-order valence-corrected chi connectivity index (χ1v) is 14.8. The van der Waals surface area contributed by atoms with Crippen LogP contribution in [-0.4, -0.2) is 29.7 Å². The minimum atomic E-state index is 0.525. The molecular weight excluding hydrogens is 452 g/mol. The van der Waals surface area contributed by atoms with Crippen LogP contribution in [0.1, 0.15) is 81.4 Å². The molecule has 3 aromatic rings. The van der Waals surface area contributed by atoms with Gasteiger partial charge in [-0.3, -0.25) is 0 Å². The number of ether oxygens (including phenoxy) is 1. The average Bonchev–Trinajstić information content (AvgIpc) is 3.74. The van der Waals surface area contributed by atoms with E-state index in [1.165, 1.54) is 91.9 Å². The number of hydrogen-bond donors (Lipinski definition) is 0. The molecule has 0 saturated heterocycles. The Morgan fingerprint density at radius 2 is 1.78 bits per heavy atom. The van der Waals surface area contributed by atoms with E-state index in [1.54, 1.807) is 18.4 Å². The van der Waals surface area contributed by atoms with Crippen LogP contribution in [0.3, 0.4) is 0 Å². The van der Waals surface area contributed by atoms with Crippen LogP contribution in [0.4, 0.5) is 0 Å². The van der Waals surface area contributed by atoms with E-state index in [9.17, 15) is 0 Å². The van der Waals surface area contributed by atoms with Gasteiger partial charge in [0.1, 0.15) is 5.75 Å². The fraction of sp³-hybridized carbons (Fsp3) is 0.529. The van der Waals surface area contributed by atoms with Crippen LogP contribution in [-0.2, 0) is 13.0 Å². The lowest BCUT2D eigenvalue weighted by Crippen LogP contribution is -2.37. The molecule has 1 aromatic heterocycles. The zero-order valence-corrected chi connectivity index (χ0v) is 22.8. The maximum absolute atomic E-state index is 5.37. The number of nitrogens with zero attached hydrogens (tertiary/aromatic N) is 2. The third-order valence-electron chi connectivity index (χ3n) is 10.3. The van der Waals surface area contributed by atoms with E-state index in [0.717, 1.165) is 37.1 Å². The predicted octanol–water partition coefficient (Wildman–Crippen LogP) is 8.06. The summed E-state index contributed by atoms with van der Waals surface area (Å²) in [5.74, 6) is 2.83. The Morgan fingerprint density at radius 1 is 0.946 bits per heavy atom. The highest BCUT2D eigenvalue weighted by molar-refractivity contribution is 5.96. The molecule has 0 amide bonds. The smallest absolute Gasteiger partial charge is 0.118 e. The average molecular weight is 495 g/mol. The number of allylic oxidation sites excluding steroid dienone is 1. The summed E-state index contributed by atoms with van der Waals surface area (Å²) in [6.45, 7) is 5.88. The Kier molecular flexibility index (Phi) is 5.86. The summed E-state index contributed by atoms with van der Waals surface area (Å²) in [5.41, 5.74) is 9.60. The van der Waals surface area contributed by atoms with Crippen LogP contribution in [0, 0.1) is 17.3 Å². The summed E-state index contributed by atoms with van der Waals surface area (Å²) in [6.07, 6.45) is 16.3.